The monoisotopic (exact) mass is 432 g/mol. The molecule has 3 N–H and O–H groups in total. The normalized spacial score (nSPS) is 11.3. The van der Waals surface area contributed by atoms with Crippen molar-refractivity contribution in [2.24, 2.45) is 17.8 Å². The minimum Gasteiger partial charge on any atom is -0.370 e. The van der Waals surface area contributed by atoms with Gasteiger partial charge in [0.1, 0.15) is 0 Å². The molecule has 2 rings (SSSR count). The third kappa shape index (κ3) is 4.91. The lowest BCUT2D eigenvalue weighted by Gasteiger charge is -2.05. The van der Waals surface area contributed by atoms with Crippen molar-refractivity contribution in [3.05, 3.63) is 47.1 Å². The molecule has 0 saturated carbocycles. The quantitative estimate of drug-likeness (QED) is 0.329. The highest BCUT2D eigenvalue weighted by atomic mass is 127. The minimum absolute atomic E-state index is 0. The Morgan fingerprint density at radius 1 is 1.45 bits per heavy atom. The van der Waals surface area contributed by atoms with Gasteiger partial charge in [0.2, 0.25) is 0 Å². The van der Waals surface area contributed by atoms with Crippen molar-refractivity contribution < 1.29 is 0 Å². The second-order valence-electron chi connectivity index (χ2n) is 5.26. The Morgan fingerprint density at radius 3 is 2.86 bits per heavy atom. The molecule has 22 heavy (non-hydrogen) atoms. The fraction of sp³-hybridized carbons (Fsp3) is 0.312. The first-order chi connectivity index (χ1) is 9.97. The van der Waals surface area contributed by atoms with E-state index in [2.05, 4.69) is 33.7 Å². The van der Waals surface area contributed by atoms with Crippen molar-refractivity contribution in [3.63, 3.8) is 0 Å². The number of hydrogen-bond acceptors (Lipinski definition) is 1. The van der Waals surface area contributed by atoms with Crippen LogP contribution in [0.1, 0.15) is 12.5 Å². The maximum absolute atomic E-state index is 6.04. The molecule has 4 nitrogen and oxygen atoms in total. The van der Waals surface area contributed by atoms with Gasteiger partial charge in [0.05, 0.1) is 6.54 Å². The number of nitrogens with one attached hydrogen (secondary N) is 1. The summed E-state index contributed by atoms with van der Waals surface area (Å²) in [6.45, 7) is 7.03. The van der Waals surface area contributed by atoms with Crippen LogP contribution in [0.2, 0.25) is 5.02 Å². The fourth-order valence-electron chi connectivity index (χ4n) is 2.24. The van der Waals surface area contributed by atoms with Gasteiger partial charge in [-0.05, 0) is 31.0 Å². The number of guanidine groups is 1. The van der Waals surface area contributed by atoms with Crippen molar-refractivity contribution in [2.75, 3.05) is 13.1 Å². The van der Waals surface area contributed by atoms with E-state index >= 15 is 0 Å². The summed E-state index contributed by atoms with van der Waals surface area (Å²) in [5.74, 6) is 0.460. The number of benzene rings is 1. The zero-order valence-electron chi connectivity index (χ0n) is 12.9. The zero-order valence-corrected chi connectivity index (χ0v) is 16.0. The van der Waals surface area contributed by atoms with Crippen molar-refractivity contribution in [2.45, 2.75) is 13.3 Å². The van der Waals surface area contributed by atoms with Crippen LogP contribution in [0.3, 0.4) is 0 Å². The van der Waals surface area contributed by atoms with Crippen LogP contribution in [0, 0.1) is 0 Å². The van der Waals surface area contributed by atoms with Gasteiger partial charge in [0, 0.05) is 35.7 Å². The summed E-state index contributed by atoms with van der Waals surface area (Å²) in [6.07, 6.45) is 3.01. The van der Waals surface area contributed by atoms with E-state index in [0.29, 0.717) is 12.5 Å². The molecule has 0 bridgehead atoms. The standard InChI is InChI=1S/C16H21ClN4.HI/c1-11(2)9-20-16(18)19-7-6-12-10-21(3)15-8-13(17)4-5-14(12)15;/h4-5,8,10H,1,6-7,9H2,2-3H3,(H3,18,19,20);1H. The molecule has 0 spiro atoms. The van der Waals surface area contributed by atoms with E-state index in [1.54, 1.807) is 0 Å². The molecule has 1 aromatic carbocycles. The molecular formula is C16H22ClIN4. The summed E-state index contributed by atoms with van der Waals surface area (Å²) in [7, 11) is 2.03. The number of fused-ring (bicyclic) bond motifs is 1. The molecule has 0 unspecified atom stereocenters. The van der Waals surface area contributed by atoms with Gasteiger partial charge in [-0.15, -0.1) is 24.0 Å². The number of hydrogen-bond donors (Lipinski definition) is 2. The highest BCUT2D eigenvalue weighted by Gasteiger charge is 2.06. The molecule has 0 fully saturated rings. The maximum atomic E-state index is 6.04. The van der Waals surface area contributed by atoms with Gasteiger partial charge in [0.15, 0.2) is 5.96 Å². The van der Waals surface area contributed by atoms with E-state index < -0.39 is 0 Å². The average molecular weight is 433 g/mol. The van der Waals surface area contributed by atoms with Gasteiger partial charge in [-0.1, -0.05) is 29.8 Å². The smallest absolute Gasteiger partial charge is 0.188 e. The molecule has 0 aliphatic rings. The Morgan fingerprint density at radius 2 is 2.18 bits per heavy atom. The number of halogens is 2. The molecule has 0 atom stereocenters. The first kappa shape index (κ1) is 18.8. The molecule has 0 amide bonds. The lowest BCUT2D eigenvalue weighted by atomic mass is 10.1. The van der Waals surface area contributed by atoms with Crippen molar-refractivity contribution in [1.29, 1.82) is 0 Å². The number of aryl methyl sites for hydroxylation is 1. The molecule has 0 aliphatic carbocycles. The predicted molar refractivity (Wildman–Crippen MR) is 106 cm³/mol. The average Bonchev–Trinajstić information content (AvgIpc) is 2.73. The van der Waals surface area contributed by atoms with Crippen LogP contribution in [0.5, 0.6) is 0 Å². The first-order valence-electron chi connectivity index (χ1n) is 6.89. The summed E-state index contributed by atoms with van der Waals surface area (Å²) in [5, 5.41) is 5.10. The Hall–Kier alpha value is -1.21. The number of nitrogens with zero attached hydrogens (tertiary/aromatic N) is 2. The molecular weight excluding hydrogens is 411 g/mol. The molecule has 0 radical (unpaired) electrons. The highest BCUT2D eigenvalue weighted by Crippen LogP contribution is 2.24. The van der Waals surface area contributed by atoms with Crippen LogP contribution in [0.15, 0.2) is 41.5 Å². The SMILES string of the molecule is C=C(C)CN=C(N)NCCc1cn(C)c2cc(Cl)ccc12.I. The summed E-state index contributed by atoms with van der Waals surface area (Å²) < 4.78 is 2.09. The van der Waals surface area contributed by atoms with Crippen LogP contribution in [0.4, 0.5) is 0 Å². The predicted octanol–water partition coefficient (Wildman–Crippen LogP) is 3.47. The largest absolute Gasteiger partial charge is 0.370 e. The molecule has 2 aromatic rings. The Balaban J connectivity index is 0.00000242. The highest BCUT2D eigenvalue weighted by molar-refractivity contribution is 14.0. The minimum atomic E-state index is 0. The topological polar surface area (TPSA) is 55.3 Å². The number of rotatable bonds is 5. The van der Waals surface area contributed by atoms with E-state index in [0.717, 1.165) is 29.1 Å². The number of nitrogens with two attached hydrogens (primary N) is 1. The zero-order chi connectivity index (χ0) is 15.4. The number of aromatic nitrogens is 1. The summed E-state index contributed by atoms with van der Waals surface area (Å²) in [4.78, 5) is 4.20. The van der Waals surface area contributed by atoms with Crippen molar-refractivity contribution in [3.8, 4) is 0 Å². The fourth-order valence-corrected chi connectivity index (χ4v) is 2.41. The second-order valence-corrected chi connectivity index (χ2v) is 5.70. The molecule has 1 aromatic heterocycles. The van der Waals surface area contributed by atoms with Gasteiger partial charge in [-0.2, -0.15) is 0 Å². The van der Waals surface area contributed by atoms with E-state index in [-0.39, 0.29) is 24.0 Å². The van der Waals surface area contributed by atoms with Gasteiger partial charge >= 0.3 is 0 Å². The van der Waals surface area contributed by atoms with E-state index in [4.69, 9.17) is 17.3 Å². The molecule has 1 heterocycles. The van der Waals surface area contributed by atoms with Crippen LogP contribution in [0.25, 0.3) is 10.9 Å². The van der Waals surface area contributed by atoms with E-state index in [9.17, 15) is 0 Å². The molecule has 0 saturated heterocycles. The van der Waals surface area contributed by atoms with Gasteiger partial charge in [-0.25, -0.2) is 4.99 Å². The summed E-state index contributed by atoms with van der Waals surface area (Å²) in [6, 6.07) is 5.96. The van der Waals surface area contributed by atoms with E-state index in [1.807, 2.05) is 26.1 Å². The Bertz CT molecular complexity index is 691. The van der Waals surface area contributed by atoms with Crippen molar-refractivity contribution in [1.82, 2.24) is 9.88 Å². The third-order valence-corrected chi connectivity index (χ3v) is 3.49. The van der Waals surface area contributed by atoms with Gasteiger partial charge < -0.3 is 15.6 Å². The van der Waals surface area contributed by atoms with Crippen LogP contribution >= 0.6 is 35.6 Å². The molecule has 120 valence electrons. The molecule has 0 aliphatic heterocycles. The third-order valence-electron chi connectivity index (χ3n) is 3.25. The summed E-state index contributed by atoms with van der Waals surface area (Å²) >= 11 is 6.04. The molecule has 6 heteroatoms. The van der Waals surface area contributed by atoms with E-state index in [1.165, 1.54) is 10.9 Å². The van der Waals surface area contributed by atoms with Crippen molar-refractivity contribution >= 4 is 52.4 Å². The number of aliphatic imine (C=N–C) groups is 1. The van der Waals surface area contributed by atoms with Gasteiger partial charge in [0.25, 0.3) is 0 Å². The lowest BCUT2D eigenvalue weighted by molar-refractivity contribution is 0.849. The first-order valence-corrected chi connectivity index (χ1v) is 7.27. The Kier molecular flexibility index (Phi) is 7.22. The Labute approximate surface area is 153 Å². The van der Waals surface area contributed by atoms with Crippen LogP contribution in [-0.4, -0.2) is 23.6 Å². The summed E-state index contributed by atoms with van der Waals surface area (Å²) in [5.41, 5.74) is 9.20. The maximum Gasteiger partial charge on any atom is 0.188 e. The van der Waals surface area contributed by atoms with Crippen LogP contribution in [-0.2, 0) is 13.5 Å². The van der Waals surface area contributed by atoms with Crippen LogP contribution < -0.4 is 11.1 Å². The van der Waals surface area contributed by atoms with Gasteiger partial charge in [-0.3, -0.25) is 0 Å². The lowest BCUT2D eigenvalue weighted by Crippen LogP contribution is -2.33. The second kappa shape index (κ2) is 8.43.